The summed E-state index contributed by atoms with van der Waals surface area (Å²) in [6, 6.07) is 0. The molecule has 1 aromatic rings. The van der Waals surface area contributed by atoms with Crippen LogP contribution in [0.2, 0.25) is 0 Å². The van der Waals surface area contributed by atoms with Gasteiger partial charge in [-0.3, -0.25) is 4.79 Å². The molecule has 0 aromatic carbocycles. The van der Waals surface area contributed by atoms with Crippen LogP contribution in [0.25, 0.3) is 0 Å². The van der Waals surface area contributed by atoms with Gasteiger partial charge in [0.15, 0.2) is 5.82 Å². The van der Waals surface area contributed by atoms with Crippen LogP contribution in [0.4, 0.5) is 0 Å². The summed E-state index contributed by atoms with van der Waals surface area (Å²) in [5.74, 6) is 5.02. The lowest BCUT2D eigenvalue weighted by atomic mass is 10.6. The lowest BCUT2D eigenvalue weighted by Crippen LogP contribution is -1.74. The van der Waals surface area contributed by atoms with Crippen LogP contribution >= 0.6 is 0 Å². The van der Waals surface area contributed by atoms with Crippen molar-refractivity contribution in [1.82, 2.24) is 9.97 Å². The molecule has 1 rings (SSSR count). The summed E-state index contributed by atoms with van der Waals surface area (Å²) in [6.45, 7) is 0. The fourth-order valence-electron chi connectivity index (χ4n) is 0.418. The summed E-state index contributed by atoms with van der Waals surface area (Å²) in [7, 11) is 0. The van der Waals surface area contributed by atoms with Crippen molar-refractivity contribution in [1.29, 1.82) is 0 Å². The predicted octanol–water partition coefficient (Wildman–Crippen LogP) is -0.129. The van der Waals surface area contributed by atoms with Gasteiger partial charge in [-0.1, -0.05) is 0 Å². The standard InChI is InChI=1S/C6H3N2O/c9-5-1-2-6-7-3-4-8-6/h3-4H,(H,7,8). The Hall–Kier alpha value is -1.56. The molecule has 0 fully saturated rings. The van der Waals surface area contributed by atoms with Crippen molar-refractivity contribution in [2.24, 2.45) is 0 Å². The Morgan fingerprint density at radius 3 is 3.11 bits per heavy atom. The molecule has 0 aliphatic carbocycles. The first-order chi connectivity index (χ1) is 4.43. The minimum Gasteiger partial charge on any atom is -0.338 e. The average molecular weight is 119 g/mol. The van der Waals surface area contributed by atoms with E-state index in [0.29, 0.717) is 5.82 Å². The summed E-state index contributed by atoms with van der Waals surface area (Å²) in [5, 5.41) is 0. The van der Waals surface area contributed by atoms with Crippen LogP contribution in [0.15, 0.2) is 12.4 Å². The lowest BCUT2D eigenvalue weighted by molar-refractivity contribution is 0.566. The van der Waals surface area contributed by atoms with Gasteiger partial charge in [0.1, 0.15) is 0 Å². The summed E-state index contributed by atoms with van der Waals surface area (Å²) in [6.07, 6.45) is 4.63. The summed E-state index contributed by atoms with van der Waals surface area (Å²) >= 11 is 0. The molecule has 1 heterocycles. The largest absolute Gasteiger partial charge is 0.338 e. The molecule has 43 valence electrons. The molecule has 0 amide bonds. The van der Waals surface area contributed by atoms with Crippen LogP contribution < -0.4 is 0 Å². The maximum Gasteiger partial charge on any atom is 0.285 e. The van der Waals surface area contributed by atoms with Gasteiger partial charge < -0.3 is 4.98 Å². The molecule has 0 aliphatic rings. The molecular weight excluding hydrogens is 116 g/mol. The zero-order valence-corrected chi connectivity index (χ0v) is 4.51. The number of nitrogens with one attached hydrogen (secondary N) is 1. The topological polar surface area (TPSA) is 45.8 Å². The van der Waals surface area contributed by atoms with E-state index in [-0.39, 0.29) is 0 Å². The Morgan fingerprint density at radius 1 is 1.67 bits per heavy atom. The molecule has 3 heteroatoms. The number of hydrogen-bond acceptors (Lipinski definition) is 2. The van der Waals surface area contributed by atoms with Crippen LogP contribution in [0, 0.1) is 11.8 Å². The smallest absolute Gasteiger partial charge is 0.285 e. The van der Waals surface area contributed by atoms with Crippen molar-refractivity contribution >= 4 is 6.29 Å². The van der Waals surface area contributed by atoms with Gasteiger partial charge in [-0.05, 0) is 11.8 Å². The first kappa shape index (κ1) is 5.57. The van der Waals surface area contributed by atoms with Crippen molar-refractivity contribution in [3.63, 3.8) is 0 Å². The van der Waals surface area contributed by atoms with Crippen molar-refractivity contribution in [2.75, 3.05) is 0 Å². The number of aromatic nitrogens is 2. The minimum absolute atomic E-state index is 0.485. The van der Waals surface area contributed by atoms with E-state index >= 15 is 0 Å². The van der Waals surface area contributed by atoms with Crippen LogP contribution in [0.1, 0.15) is 5.82 Å². The van der Waals surface area contributed by atoms with Gasteiger partial charge in [-0.2, -0.15) is 0 Å². The fourth-order valence-corrected chi connectivity index (χ4v) is 0.418. The molecule has 0 unspecified atom stereocenters. The second kappa shape index (κ2) is 2.68. The molecule has 1 aromatic heterocycles. The number of aromatic amines is 1. The molecule has 0 saturated heterocycles. The summed E-state index contributed by atoms with van der Waals surface area (Å²) in [5.41, 5.74) is 0. The molecule has 0 bridgehead atoms. The van der Waals surface area contributed by atoms with E-state index in [1.165, 1.54) is 6.29 Å². The van der Waals surface area contributed by atoms with Crippen molar-refractivity contribution in [3.8, 4) is 11.8 Å². The highest BCUT2D eigenvalue weighted by Crippen LogP contribution is 1.80. The van der Waals surface area contributed by atoms with E-state index in [9.17, 15) is 4.79 Å². The highest BCUT2D eigenvalue weighted by Gasteiger charge is 1.81. The number of rotatable bonds is 0. The van der Waals surface area contributed by atoms with Gasteiger partial charge in [-0.25, -0.2) is 4.98 Å². The average Bonchev–Trinajstić information content (AvgIpc) is 2.34. The van der Waals surface area contributed by atoms with Gasteiger partial charge >= 0.3 is 0 Å². The number of nitrogens with zero attached hydrogens (tertiary/aromatic N) is 1. The quantitative estimate of drug-likeness (QED) is 0.483. The molecule has 1 radical (unpaired) electrons. The van der Waals surface area contributed by atoms with E-state index in [0.717, 1.165) is 0 Å². The Balaban J connectivity index is 2.78. The van der Waals surface area contributed by atoms with Gasteiger partial charge in [0, 0.05) is 12.4 Å². The second-order valence-corrected chi connectivity index (χ2v) is 1.29. The Labute approximate surface area is 52.1 Å². The molecule has 0 saturated carbocycles. The molecule has 3 nitrogen and oxygen atoms in total. The number of hydrogen-bond donors (Lipinski definition) is 1. The van der Waals surface area contributed by atoms with Crippen molar-refractivity contribution in [3.05, 3.63) is 18.2 Å². The highest BCUT2D eigenvalue weighted by atomic mass is 16.1. The molecule has 0 aliphatic heterocycles. The van der Waals surface area contributed by atoms with Crippen LogP contribution in [0.5, 0.6) is 0 Å². The van der Waals surface area contributed by atoms with Crippen LogP contribution in [-0.4, -0.2) is 16.3 Å². The third kappa shape index (κ3) is 1.42. The van der Waals surface area contributed by atoms with Crippen molar-refractivity contribution < 1.29 is 4.79 Å². The van der Waals surface area contributed by atoms with Crippen LogP contribution in [0.3, 0.4) is 0 Å². The number of carbonyl (C=O) groups excluding carboxylic acids is 1. The zero-order valence-electron chi connectivity index (χ0n) is 4.51. The van der Waals surface area contributed by atoms with Crippen molar-refractivity contribution in [2.45, 2.75) is 0 Å². The first-order valence-corrected chi connectivity index (χ1v) is 2.31. The van der Waals surface area contributed by atoms with Gasteiger partial charge in [0.2, 0.25) is 0 Å². The summed E-state index contributed by atoms with van der Waals surface area (Å²) in [4.78, 5) is 16.0. The number of imidazole rings is 1. The maximum absolute atomic E-state index is 9.56. The number of H-pyrrole nitrogens is 1. The van der Waals surface area contributed by atoms with E-state index in [2.05, 4.69) is 21.8 Å². The van der Waals surface area contributed by atoms with E-state index in [4.69, 9.17) is 0 Å². The van der Waals surface area contributed by atoms with Gasteiger partial charge in [0.05, 0.1) is 0 Å². The predicted molar refractivity (Wildman–Crippen MR) is 31.2 cm³/mol. The minimum atomic E-state index is 0.485. The zero-order chi connectivity index (χ0) is 6.53. The van der Waals surface area contributed by atoms with E-state index in [1.807, 2.05) is 0 Å². The molecule has 0 spiro atoms. The summed E-state index contributed by atoms with van der Waals surface area (Å²) < 4.78 is 0. The molecule has 0 atom stereocenters. The SMILES string of the molecule is O=[C]C#Cc1ncc[nH]1. The monoisotopic (exact) mass is 119 g/mol. The van der Waals surface area contributed by atoms with E-state index in [1.54, 1.807) is 12.4 Å². The fraction of sp³-hybridized carbons (Fsp3) is 0. The van der Waals surface area contributed by atoms with Gasteiger partial charge in [-0.15, -0.1) is 0 Å². The molecular formula is C6H3N2O. The first-order valence-electron chi connectivity index (χ1n) is 2.31. The highest BCUT2D eigenvalue weighted by molar-refractivity contribution is 5.74. The third-order valence-corrected chi connectivity index (χ3v) is 0.730. The van der Waals surface area contributed by atoms with Gasteiger partial charge in [0.25, 0.3) is 6.29 Å². The van der Waals surface area contributed by atoms with E-state index < -0.39 is 0 Å². The normalized spacial score (nSPS) is 7.56. The molecule has 1 N–H and O–H groups in total. The maximum atomic E-state index is 9.56. The molecule has 9 heavy (non-hydrogen) atoms. The Kier molecular flexibility index (Phi) is 1.66. The third-order valence-electron chi connectivity index (χ3n) is 0.730. The Bertz CT molecular complexity index is 240. The second-order valence-electron chi connectivity index (χ2n) is 1.29. The van der Waals surface area contributed by atoms with Crippen LogP contribution in [-0.2, 0) is 4.79 Å². The Morgan fingerprint density at radius 2 is 2.56 bits per heavy atom. The lowest BCUT2D eigenvalue weighted by Gasteiger charge is -1.70.